The van der Waals surface area contributed by atoms with Crippen LogP contribution in [0.5, 0.6) is 0 Å². The lowest BCUT2D eigenvalue weighted by Gasteiger charge is -2.39. The minimum Gasteiger partial charge on any atom is -0.383 e. The summed E-state index contributed by atoms with van der Waals surface area (Å²) in [6.45, 7) is 9.84. The fourth-order valence-electron chi connectivity index (χ4n) is 4.08. The van der Waals surface area contributed by atoms with Gasteiger partial charge in [0.05, 0.1) is 13.2 Å². The standard InChI is InChI=1S/C18H34N4O2/c1-15-13-20(9-10-21(15)11-12-24-2)14-18(23)19-16-5-7-22(8-6-16)17-3-4-17/h15-17H,3-14H2,1-2H3,(H,19,23)/t15-/m1/s1. The monoisotopic (exact) mass is 338 g/mol. The predicted molar refractivity (Wildman–Crippen MR) is 95.1 cm³/mol. The Morgan fingerprint density at radius 2 is 1.88 bits per heavy atom. The molecule has 1 aliphatic carbocycles. The highest BCUT2D eigenvalue weighted by atomic mass is 16.5. The lowest BCUT2D eigenvalue weighted by molar-refractivity contribution is -0.124. The summed E-state index contributed by atoms with van der Waals surface area (Å²) in [7, 11) is 1.75. The lowest BCUT2D eigenvalue weighted by Crippen LogP contribution is -2.55. The molecule has 1 N–H and O–H groups in total. The van der Waals surface area contributed by atoms with Gasteiger partial charge in [-0.15, -0.1) is 0 Å². The summed E-state index contributed by atoms with van der Waals surface area (Å²) in [6.07, 6.45) is 4.99. The molecule has 2 aliphatic heterocycles. The molecule has 6 heteroatoms. The SMILES string of the molecule is COCCN1CCN(CC(=O)NC2CCN(C3CC3)CC2)C[C@H]1C. The zero-order valence-corrected chi connectivity index (χ0v) is 15.4. The molecule has 1 atom stereocenters. The molecule has 3 rings (SSSR count). The van der Waals surface area contributed by atoms with Crippen LogP contribution in [0, 0.1) is 0 Å². The molecule has 0 aromatic heterocycles. The normalized spacial score (nSPS) is 28.2. The second-order valence-electron chi connectivity index (χ2n) is 7.72. The Labute approximate surface area is 146 Å². The Bertz CT molecular complexity index is 408. The molecule has 0 bridgehead atoms. The number of piperazine rings is 1. The van der Waals surface area contributed by atoms with Gasteiger partial charge in [0.1, 0.15) is 0 Å². The van der Waals surface area contributed by atoms with Crippen molar-refractivity contribution >= 4 is 5.91 Å². The number of rotatable bonds is 7. The molecule has 0 radical (unpaired) electrons. The number of ether oxygens (including phenoxy) is 1. The van der Waals surface area contributed by atoms with Gasteiger partial charge in [0.25, 0.3) is 0 Å². The lowest BCUT2D eigenvalue weighted by atomic mass is 10.0. The molecule has 2 saturated heterocycles. The van der Waals surface area contributed by atoms with Crippen LogP contribution in [0.2, 0.25) is 0 Å². The zero-order chi connectivity index (χ0) is 16.9. The van der Waals surface area contributed by atoms with Crippen LogP contribution in [-0.2, 0) is 9.53 Å². The molecular weight excluding hydrogens is 304 g/mol. The molecule has 24 heavy (non-hydrogen) atoms. The van der Waals surface area contributed by atoms with Gasteiger partial charge in [-0.3, -0.25) is 14.6 Å². The van der Waals surface area contributed by atoms with Crippen LogP contribution in [0.4, 0.5) is 0 Å². The van der Waals surface area contributed by atoms with E-state index < -0.39 is 0 Å². The van der Waals surface area contributed by atoms with Gasteiger partial charge in [0.15, 0.2) is 0 Å². The Kier molecular flexibility index (Phi) is 6.49. The van der Waals surface area contributed by atoms with Gasteiger partial charge in [0, 0.05) is 64.5 Å². The first-order valence-electron chi connectivity index (χ1n) is 9.64. The van der Waals surface area contributed by atoms with E-state index in [0.29, 0.717) is 18.6 Å². The second-order valence-corrected chi connectivity index (χ2v) is 7.72. The van der Waals surface area contributed by atoms with E-state index in [2.05, 4.69) is 26.9 Å². The number of hydrogen-bond acceptors (Lipinski definition) is 5. The van der Waals surface area contributed by atoms with Crippen molar-refractivity contribution < 1.29 is 9.53 Å². The molecule has 1 saturated carbocycles. The third-order valence-electron chi connectivity index (χ3n) is 5.76. The predicted octanol–water partition coefficient (Wildman–Crippen LogP) is 0.382. The summed E-state index contributed by atoms with van der Waals surface area (Å²) in [5, 5.41) is 3.27. The van der Waals surface area contributed by atoms with Crippen LogP contribution in [0.3, 0.4) is 0 Å². The summed E-state index contributed by atoms with van der Waals surface area (Å²) >= 11 is 0. The van der Waals surface area contributed by atoms with E-state index in [4.69, 9.17) is 4.74 Å². The molecule has 3 fully saturated rings. The van der Waals surface area contributed by atoms with Crippen molar-refractivity contribution in [3.05, 3.63) is 0 Å². The van der Waals surface area contributed by atoms with Gasteiger partial charge in [-0.2, -0.15) is 0 Å². The van der Waals surface area contributed by atoms with E-state index >= 15 is 0 Å². The van der Waals surface area contributed by atoms with Crippen molar-refractivity contribution in [3.8, 4) is 0 Å². The third-order valence-corrected chi connectivity index (χ3v) is 5.76. The maximum absolute atomic E-state index is 12.4. The number of hydrogen-bond donors (Lipinski definition) is 1. The van der Waals surface area contributed by atoms with E-state index in [9.17, 15) is 4.79 Å². The van der Waals surface area contributed by atoms with Gasteiger partial charge in [-0.25, -0.2) is 0 Å². The summed E-state index contributed by atoms with van der Waals surface area (Å²) in [4.78, 5) is 19.7. The van der Waals surface area contributed by atoms with Gasteiger partial charge in [0.2, 0.25) is 5.91 Å². The van der Waals surface area contributed by atoms with E-state index in [0.717, 1.165) is 64.8 Å². The number of nitrogens with zero attached hydrogens (tertiary/aromatic N) is 3. The van der Waals surface area contributed by atoms with Crippen molar-refractivity contribution in [3.63, 3.8) is 0 Å². The maximum Gasteiger partial charge on any atom is 0.234 e. The molecule has 2 heterocycles. The van der Waals surface area contributed by atoms with E-state index in [1.807, 2.05) is 0 Å². The highest BCUT2D eigenvalue weighted by Crippen LogP contribution is 2.29. The van der Waals surface area contributed by atoms with Gasteiger partial charge < -0.3 is 15.0 Å². The minimum absolute atomic E-state index is 0.206. The number of carbonyl (C=O) groups is 1. The van der Waals surface area contributed by atoms with E-state index in [-0.39, 0.29) is 5.91 Å². The topological polar surface area (TPSA) is 48.1 Å². The first-order valence-corrected chi connectivity index (χ1v) is 9.64. The zero-order valence-electron chi connectivity index (χ0n) is 15.4. The Hall–Kier alpha value is -0.690. The Balaban J connectivity index is 1.33. The van der Waals surface area contributed by atoms with Crippen molar-refractivity contribution in [2.75, 3.05) is 59.5 Å². The van der Waals surface area contributed by atoms with Gasteiger partial charge in [-0.1, -0.05) is 0 Å². The average Bonchev–Trinajstić information content (AvgIpc) is 3.40. The van der Waals surface area contributed by atoms with Crippen molar-refractivity contribution in [1.29, 1.82) is 0 Å². The Morgan fingerprint density at radius 1 is 1.12 bits per heavy atom. The average molecular weight is 338 g/mol. The largest absolute Gasteiger partial charge is 0.383 e. The summed E-state index contributed by atoms with van der Waals surface area (Å²) in [6, 6.07) is 1.73. The van der Waals surface area contributed by atoms with E-state index in [1.165, 1.54) is 12.8 Å². The number of amides is 1. The highest BCUT2D eigenvalue weighted by molar-refractivity contribution is 5.78. The molecule has 138 valence electrons. The second kappa shape index (κ2) is 8.61. The van der Waals surface area contributed by atoms with Crippen LogP contribution < -0.4 is 5.32 Å². The number of methoxy groups -OCH3 is 1. The van der Waals surface area contributed by atoms with Crippen molar-refractivity contribution in [2.45, 2.75) is 50.7 Å². The smallest absolute Gasteiger partial charge is 0.234 e. The van der Waals surface area contributed by atoms with Crippen molar-refractivity contribution in [2.24, 2.45) is 0 Å². The fourth-order valence-corrected chi connectivity index (χ4v) is 4.08. The van der Waals surface area contributed by atoms with Crippen LogP contribution >= 0.6 is 0 Å². The van der Waals surface area contributed by atoms with E-state index in [1.54, 1.807) is 7.11 Å². The molecule has 0 aromatic carbocycles. The molecule has 0 aromatic rings. The quantitative estimate of drug-likeness (QED) is 0.727. The number of carbonyl (C=O) groups excluding carboxylic acids is 1. The minimum atomic E-state index is 0.206. The summed E-state index contributed by atoms with van der Waals surface area (Å²) in [5.41, 5.74) is 0. The number of likely N-dealkylation sites (tertiary alicyclic amines) is 1. The van der Waals surface area contributed by atoms with Crippen LogP contribution in [0.1, 0.15) is 32.6 Å². The third kappa shape index (κ3) is 5.15. The first kappa shape index (κ1) is 18.1. The molecule has 6 nitrogen and oxygen atoms in total. The molecular formula is C18H34N4O2. The Morgan fingerprint density at radius 3 is 2.50 bits per heavy atom. The highest BCUT2D eigenvalue weighted by Gasteiger charge is 2.32. The molecule has 1 amide bonds. The molecule has 3 aliphatic rings. The first-order chi connectivity index (χ1) is 11.7. The van der Waals surface area contributed by atoms with Crippen molar-refractivity contribution in [1.82, 2.24) is 20.0 Å². The number of nitrogens with one attached hydrogen (secondary N) is 1. The summed E-state index contributed by atoms with van der Waals surface area (Å²) < 4.78 is 5.17. The van der Waals surface area contributed by atoms with Crippen LogP contribution in [0.25, 0.3) is 0 Å². The summed E-state index contributed by atoms with van der Waals surface area (Å²) in [5.74, 6) is 0.206. The maximum atomic E-state index is 12.4. The fraction of sp³-hybridized carbons (Fsp3) is 0.944. The van der Waals surface area contributed by atoms with Gasteiger partial charge in [-0.05, 0) is 32.6 Å². The van der Waals surface area contributed by atoms with Gasteiger partial charge >= 0.3 is 0 Å². The van der Waals surface area contributed by atoms with Crippen LogP contribution in [-0.4, -0.2) is 98.3 Å². The molecule has 0 unspecified atom stereocenters. The van der Waals surface area contributed by atoms with Crippen LogP contribution in [0.15, 0.2) is 0 Å². The molecule has 0 spiro atoms. The number of piperidine rings is 1.